The van der Waals surface area contributed by atoms with Gasteiger partial charge in [0.1, 0.15) is 0 Å². The molecule has 3 heteroatoms. The molecule has 0 heterocycles. The van der Waals surface area contributed by atoms with Crippen LogP contribution in [0.1, 0.15) is 27.7 Å². The van der Waals surface area contributed by atoms with Gasteiger partial charge in [-0.25, -0.2) is 0 Å². The van der Waals surface area contributed by atoms with Gasteiger partial charge in [0.15, 0.2) is 0 Å². The molecule has 0 bridgehead atoms. The molecule has 0 unspecified atom stereocenters. The highest BCUT2D eigenvalue weighted by Crippen LogP contribution is 1.94. The Kier molecular flexibility index (Phi) is 3.79. The van der Waals surface area contributed by atoms with E-state index in [1.54, 1.807) is 27.7 Å². The molecule has 0 aliphatic heterocycles. The fraction of sp³-hybridized carbons (Fsp3) is 0.750. The first-order valence-corrected chi connectivity index (χ1v) is 3.79. The van der Waals surface area contributed by atoms with Gasteiger partial charge >= 0.3 is 0 Å². The molecular weight excluding hydrogens is 142 g/mol. The highest BCUT2D eigenvalue weighted by molar-refractivity contribution is 5.96. The molecule has 0 saturated heterocycles. The molecule has 0 rings (SSSR count). The van der Waals surface area contributed by atoms with Gasteiger partial charge in [-0.3, -0.25) is 14.9 Å². The number of amides is 2. The van der Waals surface area contributed by atoms with Crippen molar-refractivity contribution in [1.29, 1.82) is 0 Å². The molecule has 0 spiro atoms. The fourth-order valence-electron chi connectivity index (χ4n) is 0.410. The Balaban J connectivity index is 3.86. The van der Waals surface area contributed by atoms with Crippen LogP contribution >= 0.6 is 0 Å². The summed E-state index contributed by atoms with van der Waals surface area (Å²) in [5, 5.41) is 2.30. The van der Waals surface area contributed by atoms with Gasteiger partial charge in [0.2, 0.25) is 11.8 Å². The van der Waals surface area contributed by atoms with E-state index in [2.05, 4.69) is 5.32 Å². The highest BCUT2D eigenvalue weighted by atomic mass is 16.2. The predicted octanol–water partition coefficient (Wildman–Crippen LogP) is 0.941. The van der Waals surface area contributed by atoms with Crippen molar-refractivity contribution < 1.29 is 9.59 Å². The minimum absolute atomic E-state index is 0.127. The second kappa shape index (κ2) is 4.11. The van der Waals surface area contributed by atoms with Crippen molar-refractivity contribution in [2.75, 3.05) is 0 Å². The second-order valence-corrected chi connectivity index (χ2v) is 3.16. The normalized spacial score (nSPS) is 10.4. The lowest BCUT2D eigenvalue weighted by Gasteiger charge is -2.07. The lowest BCUT2D eigenvalue weighted by molar-refractivity contribution is -0.133. The zero-order chi connectivity index (χ0) is 9.02. The molecule has 3 nitrogen and oxygen atoms in total. The molecule has 0 saturated carbocycles. The van der Waals surface area contributed by atoms with E-state index in [1.807, 2.05) is 0 Å². The van der Waals surface area contributed by atoms with Gasteiger partial charge in [0.05, 0.1) is 0 Å². The van der Waals surface area contributed by atoms with Gasteiger partial charge in [-0.05, 0) is 0 Å². The van der Waals surface area contributed by atoms with Gasteiger partial charge < -0.3 is 0 Å². The monoisotopic (exact) mass is 157 g/mol. The lowest BCUT2D eigenvalue weighted by Crippen LogP contribution is -2.36. The first-order chi connectivity index (χ1) is 4.95. The van der Waals surface area contributed by atoms with Crippen molar-refractivity contribution >= 4 is 11.8 Å². The highest BCUT2D eigenvalue weighted by Gasteiger charge is 2.13. The maximum atomic E-state index is 10.9. The molecule has 2 amide bonds. The van der Waals surface area contributed by atoms with E-state index in [0.29, 0.717) is 0 Å². The second-order valence-electron chi connectivity index (χ2n) is 3.16. The molecular formula is C8H15NO2. The smallest absolute Gasteiger partial charge is 0.229 e. The quantitative estimate of drug-likeness (QED) is 0.648. The average molecular weight is 157 g/mol. The molecule has 0 radical (unpaired) electrons. The fourth-order valence-corrected chi connectivity index (χ4v) is 0.410. The molecule has 0 atom stereocenters. The van der Waals surface area contributed by atoms with Crippen molar-refractivity contribution in [3.8, 4) is 0 Å². The van der Waals surface area contributed by atoms with Gasteiger partial charge in [0, 0.05) is 11.8 Å². The van der Waals surface area contributed by atoms with Crippen LogP contribution in [0.4, 0.5) is 0 Å². The molecule has 0 aliphatic carbocycles. The summed E-state index contributed by atoms with van der Waals surface area (Å²) in [6, 6.07) is 0. The van der Waals surface area contributed by atoms with E-state index in [-0.39, 0.29) is 23.7 Å². The third-order valence-electron chi connectivity index (χ3n) is 1.30. The van der Waals surface area contributed by atoms with Gasteiger partial charge in [-0.15, -0.1) is 0 Å². The molecule has 11 heavy (non-hydrogen) atoms. The Labute approximate surface area is 67.2 Å². The molecule has 64 valence electrons. The first-order valence-electron chi connectivity index (χ1n) is 3.79. The van der Waals surface area contributed by atoms with E-state index in [0.717, 1.165) is 0 Å². The van der Waals surface area contributed by atoms with Gasteiger partial charge in [-0.2, -0.15) is 0 Å². The Morgan fingerprint density at radius 2 is 1.18 bits per heavy atom. The van der Waals surface area contributed by atoms with Crippen LogP contribution in [0, 0.1) is 11.8 Å². The van der Waals surface area contributed by atoms with Crippen LogP contribution in [-0.4, -0.2) is 11.8 Å². The van der Waals surface area contributed by atoms with Crippen LogP contribution in [0.25, 0.3) is 0 Å². The topological polar surface area (TPSA) is 46.2 Å². The standard InChI is InChI=1S/C8H15NO2/c1-5(2)7(10)9-8(11)6(3)4/h5-6H,1-4H3,(H,9,10,11). The number of imide groups is 1. The Morgan fingerprint density at radius 1 is 0.909 bits per heavy atom. The van der Waals surface area contributed by atoms with Crippen molar-refractivity contribution in [1.82, 2.24) is 5.32 Å². The van der Waals surface area contributed by atoms with Crippen LogP contribution in [0.15, 0.2) is 0 Å². The summed E-state index contributed by atoms with van der Waals surface area (Å²) in [5.74, 6) is -0.664. The van der Waals surface area contributed by atoms with Crippen LogP contribution in [-0.2, 0) is 9.59 Å². The molecule has 0 fully saturated rings. The third kappa shape index (κ3) is 3.75. The third-order valence-corrected chi connectivity index (χ3v) is 1.30. The number of carbonyl (C=O) groups excluding carboxylic acids is 2. The lowest BCUT2D eigenvalue weighted by atomic mass is 10.1. The van der Waals surface area contributed by atoms with Crippen molar-refractivity contribution in [2.24, 2.45) is 11.8 Å². The number of hydrogen-bond acceptors (Lipinski definition) is 2. The van der Waals surface area contributed by atoms with E-state index in [4.69, 9.17) is 0 Å². The minimum atomic E-state index is -0.205. The predicted molar refractivity (Wildman–Crippen MR) is 42.8 cm³/mol. The summed E-state index contributed by atoms with van der Waals surface area (Å²) in [6.45, 7) is 7.01. The maximum absolute atomic E-state index is 10.9. The van der Waals surface area contributed by atoms with Crippen LogP contribution in [0.2, 0.25) is 0 Å². The Bertz CT molecular complexity index is 143. The van der Waals surface area contributed by atoms with Crippen LogP contribution < -0.4 is 5.32 Å². The van der Waals surface area contributed by atoms with Crippen molar-refractivity contribution in [3.63, 3.8) is 0 Å². The van der Waals surface area contributed by atoms with Crippen molar-refractivity contribution in [2.45, 2.75) is 27.7 Å². The summed E-state index contributed by atoms with van der Waals surface area (Å²) in [6.07, 6.45) is 0. The number of hydrogen-bond donors (Lipinski definition) is 1. The largest absolute Gasteiger partial charge is 0.296 e. The van der Waals surface area contributed by atoms with Crippen LogP contribution in [0.3, 0.4) is 0 Å². The van der Waals surface area contributed by atoms with Crippen molar-refractivity contribution in [3.05, 3.63) is 0 Å². The number of carbonyl (C=O) groups is 2. The summed E-state index contributed by atoms with van der Waals surface area (Å²) in [7, 11) is 0. The van der Waals surface area contributed by atoms with Crippen LogP contribution in [0.5, 0.6) is 0 Å². The first kappa shape index (κ1) is 10.1. The molecule has 0 aromatic rings. The average Bonchev–Trinajstić information content (AvgIpc) is 1.87. The van der Waals surface area contributed by atoms with E-state index in [9.17, 15) is 9.59 Å². The summed E-state index contributed by atoms with van der Waals surface area (Å²) in [4.78, 5) is 21.9. The summed E-state index contributed by atoms with van der Waals surface area (Å²) in [5.41, 5.74) is 0. The molecule has 0 aliphatic rings. The summed E-state index contributed by atoms with van der Waals surface area (Å²) >= 11 is 0. The zero-order valence-electron chi connectivity index (χ0n) is 7.47. The molecule has 0 aromatic heterocycles. The van der Waals surface area contributed by atoms with E-state index >= 15 is 0 Å². The SMILES string of the molecule is CC(C)C(=O)NC(=O)C(C)C. The molecule has 0 aromatic carbocycles. The van der Waals surface area contributed by atoms with E-state index in [1.165, 1.54) is 0 Å². The maximum Gasteiger partial charge on any atom is 0.229 e. The minimum Gasteiger partial charge on any atom is -0.296 e. The number of nitrogens with one attached hydrogen (secondary N) is 1. The Morgan fingerprint density at radius 3 is 1.36 bits per heavy atom. The Hall–Kier alpha value is -0.860. The zero-order valence-corrected chi connectivity index (χ0v) is 7.47. The number of rotatable bonds is 2. The summed E-state index contributed by atoms with van der Waals surface area (Å²) < 4.78 is 0. The molecule has 1 N–H and O–H groups in total. The van der Waals surface area contributed by atoms with E-state index < -0.39 is 0 Å². The van der Waals surface area contributed by atoms with Gasteiger partial charge in [0.25, 0.3) is 0 Å². The van der Waals surface area contributed by atoms with Gasteiger partial charge in [-0.1, -0.05) is 27.7 Å².